The summed E-state index contributed by atoms with van der Waals surface area (Å²) < 4.78 is 1.76. The van der Waals surface area contributed by atoms with Gasteiger partial charge in [0.1, 0.15) is 0 Å². The molecule has 0 bridgehead atoms. The summed E-state index contributed by atoms with van der Waals surface area (Å²) >= 11 is 6.20. The average molecular weight is 397 g/mol. The Labute approximate surface area is 168 Å². The maximum Gasteiger partial charge on any atom is 0.251 e. The van der Waals surface area contributed by atoms with Gasteiger partial charge in [-0.25, -0.2) is 4.68 Å². The van der Waals surface area contributed by atoms with Gasteiger partial charge in [-0.05, 0) is 55.8 Å². The highest BCUT2D eigenvalue weighted by atomic mass is 35.5. The first-order chi connectivity index (χ1) is 13.4. The van der Waals surface area contributed by atoms with Gasteiger partial charge in [-0.15, -0.1) is 0 Å². The summed E-state index contributed by atoms with van der Waals surface area (Å²) in [5.41, 5.74) is 4.51. The molecule has 2 N–H and O–H groups in total. The first kappa shape index (κ1) is 19.6. The van der Waals surface area contributed by atoms with Gasteiger partial charge >= 0.3 is 0 Å². The molecule has 2 amide bonds. The van der Waals surface area contributed by atoms with Crippen molar-refractivity contribution < 1.29 is 9.59 Å². The molecule has 1 aromatic heterocycles. The van der Waals surface area contributed by atoms with E-state index < -0.39 is 0 Å². The van der Waals surface area contributed by atoms with E-state index in [2.05, 4.69) is 15.7 Å². The Morgan fingerprint density at radius 2 is 1.54 bits per heavy atom. The van der Waals surface area contributed by atoms with Crippen molar-refractivity contribution in [1.29, 1.82) is 0 Å². The van der Waals surface area contributed by atoms with E-state index in [1.807, 2.05) is 38.1 Å². The Kier molecular flexibility index (Phi) is 5.80. The van der Waals surface area contributed by atoms with E-state index in [0.717, 1.165) is 22.6 Å². The lowest BCUT2D eigenvalue weighted by Crippen LogP contribution is -2.23. The number of benzene rings is 2. The van der Waals surface area contributed by atoms with Crippen LogP contribution in [0.15, 0.2) is 48.5 Å². The van der Waals surface area contributed by atoms with Gasteiger partial charge in [0.05, 0.1) is 22.1 Å². The van der Waals surface area contributed by atoms with E-state index in [4.69, 9.17) is 11.6 Å². The zero-order valence-corrected chi connectivity index (χ0v) is 16.7. The second-order valence-electron chi connectivity index (χ2n) is 6.40. The standard InChI is InChI=1S/C21H21ClN4O2/c1-13-19(22)14(2)26(25-13)18-10-8-17(9-11-18)21(28)24-12-15-4-6-16(7-5-15)20(27)23-3/h4-11H,12H2,1-3H3,(H,23,27)(H,24,28). The minimum Gasteiger partial charge on any atom is -0.355 e. The fourth-order valence-electron chi connectivity index (χ4n) is 2.83. The Morgan fingerprint density at radius 3 is 2.07 bits per heavy atom. The molecule has 0 spiro atoms. The predicted molar refractivity (Wildman–Crippen MR) is 109 cm³/mol. The van der Waals surface area contributed by atoms with Crippen molar-refractivity contribution in [3.05, 3.63) is 81.6 Å². The van der Waals surface area contributed by atoms with E-state index >= 15 is 0 Å². The van der Waals surface area contributed by atoms with Crippen molar-refractivity contribution in [3.8, 4) is 5.69 Å². The van der Waals surface area contributed by atoms with E-state index in [-0.39, 0.29) is 11.8 Å². The third-order valence-corrected chi connectivity index (χ3v) is 5.02. The van der Waals surface area contributed by atoms with Crippen LogP contribution in [0.25, 0.3) is 5.69 Å². The van der Waals surface area contributed by atoms with E-state index in [1.54, 1.807) is 36.0 Å². The molecule has 6 nitrogen and oxygen atoms in total. The van der Waals surface area contributed by atoms with Crippen molar-refractivity contribution in [2.24, 2.45) is 0 Å². The number of nitrogens with zero attached hydrogens (tertiary/aromatic N) is 2. The number of hydrogen-bond donors (Lipinski definition) is 2. The molecular formula is C21H21ClN4O2. The SMILES string of the molecule is CNC(=O)c1ccc(CNC(=O)c2ccc(-n3nc(C)c(Cl)c3C)cc2)cc1. The summed E-state index contributed by atoms with van der Waals surface area (Å²) in [6.45, 7) is 4.13. The molecule has 1 heterocycles. The Morgan fingerprint density at radius 1 is 0.964 bits per heavy atom. The van der Waals surface area contributed by atoms with Crippen LogP contribution < -0.4 is 10.6 Å². The van der Waals surface area contributed by atoms with Crippen molar-refractivity contribution in [1.82, 2.24) is 20.4 Å². The number of carbonyl (C=O) groups is 2. The average Bonchev–Trinajstić information content (AvgIpc) is 2.99. The molecule has 0 saturated carbocycles. The second-order valence-corrected chi connectivity index (χ2v) is 6.78. The van der Waals surface area contributed by atoms with E-state index in [1.165, 1.54) is 0 Å². The first-order valence-corrected chi connectivity index (χ1v) is 9.20. The minimum absolute atomic E-state index is 0.139. The van der Waals surface area contributed by atoms with Crippen molar-refractivity contribution >= 4 is 23.4 Å². The molecule has 0 saturated heterocycles. The number of amides is 2. The van der Waals surface area contributed by atoms with Crippen molar-refractivity contribution in [2.45, 2.75) is 20.4 Å². The van der Waals surface area contributed by atoms with E-state index in [0.29, 0.717) is 22.7 Å². The zero-order chi connectivity index (χ0) is 20.3. The molecule has 28 heavy (non-hydrogen) atoms. The van der Waals surface area contributed by atoms with Gasteiger partial charge in [0.25, 0.3) is 11.8 Å². The lowest BCUT2D eigenvalue weighted by Gasteiger charge is -2.08. The molecule has 7 heteroatoms. The number of rotatable bonds is 5. The van der Waals surface area contributed by atoms with Gasteiger partial charge in [-0.3, -0.25) is 9.59 Å². The summed E-state index contributed by atoms with van der Waals surface area (Å²) in [5, 5.41) is 10.5. The number of aryl methyl sites for hydroxylation is 1. The second kappa shape index (κ2) is 8.27. The predicted octanol–water partition coefficient (Wildman–Crippen LogP) is 3.43. The van der Waals surface area contributed by atoms with Gasteiger partial charge in [0.2, 0.25) is 0 Å². The zero-order valence-electron chi connectivity index (χ0n) is 15.9. The first-order valence-electron chi connectivity index (χ1n) is 8.82. The van der Waals surface area contributed by atoms with Crippen LogP contribution in [0.5, 0.6) is 0 Å². The quantitative estimate of drug-likeness (QED) is 0.693. The van der Waals surface area contributed by atoms with Crippen molar-refractivity contribution in [2.75, 3.05) is 7.05 Å². The Hall–Kier alpha value is -3.12. The summed E-state index contributed by atoms with van der Waals surface area (Å²) in [7, 11) is 1.59. The van der Waals surface area contributed by atoms with Crippen LogP contribution in [0, 0.1) is 13.8 Å². The molecule has 3 aromatic rings. The molecule has 0 aliphatic carbocycles. The van der Waals surface area contributed by atoms with Crippen LogP contribution in [0.4, 0.5) is 0 Å². The third-order valence-electron chi connectivity index (χ3n) is 4.47. The molecule has 2 aromatic carbocycles. The van der Waals surface area contributed by atoms with Crippen LogP contribution in [-0.2, 0) is 6.54 Å². The minimum atomic E-state index is -0.173. The van der Waals surface area contributed by atoms with Gasteiger partial charge in [-0.1, -0.05) is 23.7 Å². The normalized spacial score (nSPS) is 10.6. The van der Waals surface area contributed by atoms with Crippen LogP contribution >= 0.6 is 11.6 Å². The smallest absolute Gasteiger partial charge is 0.251 e. The number of hydrogen-bond acceptors (Lipinski definition) is 3. The largest absolute Gasteiger partial charge is 0.355 e. The maximum atomic E-state index is 12.4. The van der Waals surface area contributed by atoms with Crippen LogP contribution in [0.2, 0.25) is 5.02 Å². The summed E-state index contributed by atoms with van der Waals surface area (Å²) in [4.78, 5) is 23.9. The number of carbonyl (C=O) groups excluding carboxylic acids is 2. The van der Waals surface area contributed by atoms with E-state index in [9.17, 15) is 9.59 Å². The topological polar surface area (TPSA) is 76.0 Å². The Bertz CT molecular complexity index is 1010. The molecular weight excluding hydrogens is 376 g/mol. The van der Waals surface area contributed by atoms with Gasteiger partial charge in [0, 0.05) is 24.7 Å². The highest BCUT2D eigenvalue weighted by Crippen LogP contribution is 2.22. The van der Waals surface area contributed by atoms with Gasteiger partial charge in [0.15, 0.2) is 0 Å². The summed E-state index contributed by atoms with van der Waals surface area (Å²) in [6.07, 6.45) is 0. The number of aromatic nitrogens is 2. The maximum absolute atomic E-state index is 12.4. The van der Waals surface area contributed by atoms with Gasteiger partial charge < -0.3 is 10.6 Å². The lowest BCUT2D eigenvalue weighted by atomic mass is 10.1. The fourth-order valence-corrected chi connectivity index (χ4v) is 2.95. The Balaban J connectivity index is 1.65. The van der Waals surface area contributed by atoms with Gasteiger partial charge in [-0.2, -0.15) is 5.10 Å². The molecule has 0 fully saturated rings. The van der Waals surface area contributed by atoms with Crippen LogP contribution in [0.3, 0.4) is 0 Å². The van der Waals surface area contributed by atoms with Crippen LogP contribution in [0.1, 0.15) is 37.7 Å². The number of halogens is 1. The lowest BCUT2D eigenvalue weighted by molar-refractivity contribution is 0.0946. The molecule has 0 aliphatic heterocycles. The molecule has 0 radical (unpaired) electrons. The summed E-state index contributed by atoms with van der Waals surface area (Å²) in [6, 6.07) is 14.3. The monoisotopic (exact) mass is 396 g/mol. The van der Waals surface area contributed by atoms with Crippen LogP contribution in [-0.4, -0.2) is 28.6 Å². The number of nitrogens with one attached hydrogen (secondary N) is 2. The highest BCUT2D eigenvalue weighted by Gasteiger charge is 2.12. The third kappa shape index (κ3) is 4.07. The fraction of sp³-hybridized carbons (Fsp3) is 0.190. The molecule has 144 valence electrons. The molecule has 3 rings (SSSR count). The highest BCUT2D eigenvalue weighted by molar-refractivity contribution is 6.31. The molecule has 0 atom stereocenters. The molecule has 0 unspecified atom stereocenters. The van der Waals surface area contributed by atoms with Crippen molar-refractivity contribution in [3.63, 3.8) is 0 Å². The summed E-state index contributed by atoms with van der Waals surface area (Å²) in [5.74, 6) is -0.312. The molecule has 0 aliphatic rings.